The van der Waals surface area contributed by atoms with E-state index in [-0.39, 0.29) is 0 Å². The van der Waals surface area contributed by atoms with Gasteiger partial charge in [-0.15, -0.1) is 0 Å². The molecule has 1 unspecified atom stereocenters. The molecule has 0 radical (unpaired) electrons. The van der Waals surface area contributed by atoms with Gasteiger partial charge in [0, 0.05) is 6.04 Å². The second-order valence-corrected chi connectivity index (χ2v) is 7.20. The maximum atomic E-state index is 3.84. The van der Waals surface area contributed by atoms with Gasteiger partial charge in [0.2, 0.25) is 0 Å². The van der Waals surface area contributed by atoms with Gasteiger partial charge in [-0.3, -0.25) is 0 Å². The van der Waals surface area contributed by atoms with Gasteiger partial charge in [-0.2, -0.15) is 0 Å². The maximum Gasteiger partial charge on any atom is 0.0136 e. The summed E-state index contributed by atoms with van der Waals surface area (Å²) in [5.41, 5.74) is 4.34. The van der Waals surface area contributed by atoms with E-state index in [0.717, 1.165) is 18.4 Å². The molecule has 1 saturated carbocycles. The summed E-state index contributed by atoms with van der Waals surface area (Å²) in [4.78, 5) is 0. The van der Waals surface area contributed by atoms with E-state index in [9.17, 15) is 0 Å². The van der Waals surface area contributed by atoms with Gasteiger partial charge < -0.3 is 5.32 Å². The van der Waals surface area contributed by atoms with Gasteiger partial charge in [-0.25, -0.2) is 0 Å². The van der Waals surface area contributed by atoms with Crippen LogP contribution in [0.4, 0.5) is 0 Å². The molecule has 1 N–H and O–H groups in total. The molecule has 0 aromatic heterocycles. The molecule has 2 rings (SSSR count). The summed E-state index contributed by atoms with van der Waals surface area (Å²) in [6.07, 6.45) is 8.08. The number of rotatable bonds is 6. The third-order valence-corrected chi connectivity index (χ3v) is 5.31. The summed E-state index contributed by atoms with van der Waals surface area (Å²) >= 11 is 0. The number of aryl methyl sites for hydroxylation is 2. The summed E-state index contributed by atoms with van der Waals surface area (Å²) in [6.45, 7) is 10.3. The van der Waals surface area contributed by atoms with Crippen LogP contribution in [0.15, 0.2) is 18.2 Å². The lowest BCUT2D eigenvalue weighted by Crippen LogP contribution is -2.40. The van der Waals surface area contributed by atoms with Crippen LogP contribution in [0.3, 0.4) is 0 Å². The van der Waals surface area contributed by atoms with Crippen LogP contribution in [-0.2, 0) is 6.42 Å². The monoisotopic (exact) mass is 287 g/mol. The van der Waals surface area contributed by atoms with Gasteiger partial charge in [-0.05, 0) is 74.6 Å². The summed E-state index contributed by atoms with van der Waals surface area (Å²) in [6, 6.07) is 7.67. The predicted octanol–water partition coefficient (Wildman–Crippen LogP) is 5.04. The first-order valence-electron chi connectivity index (χ1n) is 8.89. The van der Waals surface area contributed by atoms with Crippen molar-refractivity contribution in [2.24, 2.45) is 11.8 Å². The van der Waals surface area contributed by atoms with Crippen molar-refractivity contribution < 1.29 is 0 Å². The minimum Gasteiger partial charge on any atom is -0.313 e. The Kier molecular flexibility index (Phi) is 6.29. The first-order valence-corrected chi connectivity index (χ1v) is 8.89. The second-order valence-electron chi connectivity index (χ2n) is 7.20. The van der Waals surface area contributed by atoms with E-state index < -0.39 is 0 Å². The zero-order chi connectivity index (χ0) is 15.2. The standard InChI is InChI=1S/C20H33N/c1-5-12-21-20(19-10-6-15(2)7-11-19)14-18-9-8-16(3)17(4)13-18/h8-9,13,15,19-21H,5-7,10-12,14H2,1-4H3. The molecule has 0 heterocycles. The molecule has 0 spiro atoms. The number of hydrogen-bond acceptors (Lipinski definition) is 1. The van der Waals surface area contributed by atoms with Gasteiger partial charge in [0.15, 0.2) is 0 Å². The normalized spacial score (nSPS) is 24.0. The average molecular weight is 287 g/mol. The highest BCUT2D eigenvalue weighted by Crippen LogP contribution is 2.31. The highest BCUT2D eigenvalue weighted by atomic mass is 14.9. The highest BCUT2D eigenvalue weighted by Gasteiger charge is 2.25. The smallest absolute Gasteiger partial charge is 0.0136 e. The fourth-order valence-corrected chi connectivity index (χ4v) is 3.61. The highest BCUT2D eigenvalue weighted by molar-refractivity contribution is 5.30. The van der Waals surface area contributed by atoms with Crippen LogP contribution in [0.5, 0.6) is 0 Å². The first-order chi connectivity index (χ1) is 10.1. The van der Waals surface area contributed by atoms with Crippen LogP contribution in [-0.4, -0.2) is 12.6 Å². The van der Waals surface area contributed by atoms with Gasteiger partial charge >= 0.3 is 0 Å². The SMILES string of the molecule is CCCNC(Cc1ccc(C)c(C)c1)C1CCC(C)CC1. The number of hydrogen-bond donors (Lipinski definition) is 1. The zero-order valence-corrected chi connectivity index (χ0v) is 14.4. The molecule has 0 bridgehead atoms. The van der Waals surface area contributed by atoms with E-state index in [1.54, 1.807) is 0 Å². The molecule has 1 heteroatoms. The Morgan fingerprint density at radius 1 is 1.10 bits per heavy atom. The first kappa shape index (κ1) is 16.5. The minimum atomic E-state index is 0.666. The van der Waals surface area contributed by atoms with Crippen molar-refractivity contribution in [2.75, 3.05) is 6.54 Å². The van der Waals surface area contributed by atoms with Crippen molar-refractivity contribution in [3.05, 3.63) is 34.9 Å². The fourth-order valence-electron chi connectivity index (χ4n) is 3.61. The van der Waals surface area contributed by atoms with Crippen molar-refractivity contribution in [3.8, 4) is 0 Å². The molecule has 1 aromatic rings. The Morgan fingerprint density at radius 2 is 1.81 bits per heavy atom. The Morgan fingerprint density at radius 3 is 2.43 bits per heavy atom. The molecule has 0 saturated heterocycles. The molecule has 1 aromatic carbocycles. The Hall–Kier alpha value is -0.820. The molecule has 118 valence electrons. The molecule has 1 aliphatic carbocycles. The van der Waals surface area contributed by atoms with E-state index in [1.165, 1.54) is 55.2 Å². The van der Waals surface area contributed by atoms with E-state index >= 15 is 0 Å². The van der Waals surface area contributed by atoms with Crippen LogP contribution in [0.1, 0.15) is 62.6 Å². The lowest BCUT2D eigenvalue weighted by atomic mass is 9.77. The van der Waals surface area contributed by atoms with E-state index in [4.69, 9.17) is 0 Å². The lowest BCUT2D eigenvalue weighted by molar-refractivity contribution is 0.229. The molecule has 1 nitrogen and oxygen atoms in total. The second kappa shape index (κ2) is 7.98. The van der Waals surface area contributed by atoms with E-state index in [1.807, 2.05) is 0 Å². The molecule has 0 aliphatic heterocycles. The van der Waals surface area contributed by atoms with Crippen molar-refractivity contribution in [3.63, 3.8) is 0 Å². The summed E-state index contributed by atoms with van der Waals surface area (Å²) in [7, 11) is 0. The Labute approximate surface area is 131 Å². The zero-order valence-electron chi connectivity index (χ0n) is 14.4. The Bertz CT molecular complexity index is 429. The quantitative estimate of drug-likeness (QED) is 0.773. The van der Waals surface area contributed by atoms with Gasteiger partial charge in [0.1, 0.15) is 0 Å². The topological polar surface area (TPSA) is 12.0 Å². The molecule has 1 aliphatic rings. The predicted molar refractivity (Wildman–Crippen MR) is 92.8 cm³/mol. The van der Waals surface area contributed by atoms with Crippen molar-refractivity contribution in [2.45, 2.75) is 72.3 Å². The summed E-state index contributed by atoms with van der Waals surface area (Å²) < 4.78 is 0. The van der Waals surface area contributed by atoms with Crippen molar-refractivity contribution >= 4 is 0 Å². The van der Waals surface area contributed by atoms with Crippen LogP contribution in [0, 0.1) is 25.7 Å². The maximum absolute atomic E-state index is 3.84. The summed E-state index contributed by atoms with van der Waals surface area (Å²) in [5.74, 6) is 1.81. The van der Waals surface area contributed by atoms with Crippen LogP contribution in [0.25, 0.3) is 0 Å². The molecule has 1 fully saturated rings. The minimum absolute atomic E-state index is 0.666. The molecule has 1 atom stereocenters. The molecule has 0 amide bonds. The third kappa shape index (κ3) is 4.85. The number of benzene rings is 1. The van der Waals surface area contributed by atoms with E-state index in [0.29, 0.717) is 6.04 Å². The third-order valence-electron chi connectivity index (χ3n) is 5.31. The largest absolute Gasteiger partial charge is 0.313 e. The lowest BCUT2D eigenvalue weighted by Gasteiger charge is -2.33. The molecular weight excluding hydrogens is 254 g/mol. The molecular formula is C20H33N. The number of nitrogens with one attached hydrogen (secondary N) is 1. The van der Waals surface area contributed by atoms with Gasteiger partial charge in [0.05, 0.1) is 0 Å². The fraction of sp³-hybridized carbons (Fsp3) is 0.700. The van der Waals surface area contributed by atoms with Crippen molar-refractivity contribution in [1.82, 2.24) is 5.32 Å². The molecule has 21 heavy (non-hydrogen) atoms. The van der Waals surface area contributed by atoms with E-state index in [2.05, 4.69) is 51.2 Å². The van der Waals surface area contributed by atoms with Gasteiger partial charge in [-0.1, -0.05) is 44.9 Å². The average Bonchev–Trinajstić information content (AvgIpc) is 2.48. The van der Waals surface area contributed by atoms with Crippen LogP contribution >= 0.6 is 0 Å². The Balaban J connectivity index is 2.02. The van der Waals surface area contributed by atoms with Crippen LogP contribution < -0.4 is 5.32 Å². The van der Waals surface area contributed by atoms with Crippen LogP contribution in [0.2, 0.25) is 0 Å². The van der Waals surface area contributed by atoms with Gasteiger partial charge in [0.25, 0.3) is 0 Å². The van der Waals surface area contributed by atoms with Crippen molar-refractivity contribution in [1.29, 1.82) is 0 Å². The summed E-state index contributed by atoms with van der Waals surface area (Å²) in [5, 5.41) is 3.84.